The van der Waals surface area contributed by atoms with Crippen LogP contribution in [0.2, 0.25) is 0 Å². The van der Waals surface area contributed by atoms with Gasteiger partial charge in [-0.1, -0.05) is 37.3 Å². The highest BCUT2D eigenvalue weighted by Gasteiger charge is 2.43. The van der Waals surface area contributed by atoms with Crippen molar-refractivity contribution in [3.8, 4) is 11.1 Å². The minimum atomic E-state index is -4.47. The fourth-order valence-electron chi connectivity index (χ4n) is 4.36. The van der Waals surface area contributed by atoms with E-state index in [0.29, 0.717) is 48.0 Å². The first kappa shape index (κ1) is 20.5. The van der Waals surface area contributed by atoms with E-state index in [0.717, 1.165) is 11.6 Å². The van der Waals surface area contributed by atoms with Crippen LogP contribution in [0.3, 0.4) is 0 Å². The van der Waals surface area contributed by atoms with Crippen molar-refractivity contribution in [3.63, 3.8) is 0 Å². The molecule has 0 spiro atoms. The Hall–Kier alpha value is -2.80. The minimum absolute atomic E-state index is 0.123. The van der Waals surface area contributed by atoms with E-state index in [1.807, 2.05) is 13.0 Å². The van der Waals surface area contributed by atoms with Crippen LogP contribution in [-0.2, 0) is 32.7 Å². The van der Waals surface area contributed by atoms with Gasteiger partial charge in [0.25, 0.3) is 5.79 Å². The average molecular weight is 417 g/mol. The molecule has 1 unspecified atom stereocenters. The van der Waals surface area contributed by atoms with Gasteiger partial charge in [0.1, 0.15) is 0 Å². The second-order valence-corrected chi connectivity index (χ2v) is 7.45. The summed E-state index contributed by atoms with van der Waals surface area (Å²) in [7, 11) is 0. The van der Waals surface area contributed by atoms with Gasteiger partial charge < -0.3 is 14.5 Å². The molecule has 1 N–H and O–H groups in total. The number of benzene rings is 2. The van der Waals surface area contributed by atoms with Crippen LogP contribution in [0.5, 0.6) is 0 Å². The molecule has 3 aromatic rings. The number of ether oxygens (including phenoxy) is 2. The molecule has 2 heterocycles. The van der Waals surface area contributed by atoms with Crippen LogP contribution in [0, 0.1) is 0 Å². The van der Waals surface area contributed by atoms with Crippen LogP contribution in [0.4, 0.5) is 13.2 Å². The standard InChI is InChI=1S/C23H22F3NO3/c1-3-12-22(30-14(2)28)21-17(11-13-29-22)20-16(8-6-10-19(20)27-21)15-7-4-5-9-18(15)23(24,25)26/h4-10,27H,3,11-13H2,1-2H3. The lowest BCUT2D eigenvalue weighted by atomic mass is 9.91. The van der Waals surface area contributed by atoms with Crippen molar-refractivity contribution >= 4 is 16.9 Å². The smallest absolute Gasteiger partial charge is 0.417 e. The van der Waals surface area contributed by atoms with E-state index in [-0.39, 0.29) is 5.56 Å². The molecule has 7 heteroatoms. The number of alkyl halides is 3. The van der Waals surface area contributed by atoms with Gasteiger partial charge in [-0.25, -0.2) is 0 Å². The summed E-state index contributed by atoms with van der Waals surface area (Å²) in [6, 6.07) is 10.8. The summed E-state index contributed by atoms with van der Waals surface area (Å²) >= 11 is 0. The molecule has 0 bridgehead atoms. The fourth-order valence-corrected chi connectivity index (χ4v) is 4.36. The van der Waals surface area contributed by atoms with Gasteiger partial charge in [-0.05, 0) is 41.7 Å². The third kappa shape index (κ3) is 3.37. The van der Waals surface area contributed by atoms with Gasteiger partial charge in [0, 0.05) is 24.2 Å². The number of halogens is 3. The van der Waals surface area contributed by atoms with Crippen LogP contribution in [0.15, 0.2) is 42.5 Å². The summed E-state index contributed by atoms with van der Waals surface area (Å²) in [4.78, 5) is 15.1. The van der Waals surface area contributed by atoms with E-state index in [9.17, 15) is 18.0 Å². The number of rotatable bonds is 4. The molecule has 0 amide bonds. The monoisotopic (exact) mass is 417 g/mol. The maximum Gasteiger partial charge on any atom is 0.417 e. The second-order valence-electron chi connectivity index (χ2n) is 7.45. The summed E-state index contributed by atoms with van der Waals surface area (Å²) in [6.07, 6.45) is -2.82. The molecule has 4 nitrogen and oxygen atoms in total. The Labute approximate surface area is 172 Å². The van der Waals surface area contributed by atoms with Crippen LogP contribution >= 0.6 is 0 Å². The van der Waals surface area contributed by atoms with Crippen LogP contribution in [0.1, 0.15) is 43.5 Å². The fraction of sp³-hybridized carbons (Fsp3) is 0.348. The van der Waals surface area contributed by atoms with Crippen molar-refractivity contribution < 1.29 is 27.4 Å². The number of hydrogen-bond donors (Lipinski definition) is 1. The number of hydrogen-bond acceptors (Lipinski definition) is 3. The van der Waals surface area contributed by atoms with Gasteiger partial charge in [0.15, 0.2) is 0 Å². The van der Waals surface area contributed by atoms with E-state index in [4.69, 9.17) is 9.47 Å². The lowest BCUT2D eigenvalue weighted by Gasteiger charge is -2.36. The summed E-state index contributed by atoms with van der Waals surface area (Å²) < 4.78 is 52.6. The van der Waals surface area contributed by atoms with E-state index in [1.165, 1.54) is 19.1 Å². The first-order chi connectivity index (χ1) is 14.3. The zero-order chi connectivity index (χ0) is 21.5. The lowest BCUT2D eigenvalue weighted by molar-refractivity contribution is -0.247. The number of fused-ring (bicyclic) bond motifs is 3. The predicted octanol–water partition coefficient (Wildman–Crippen LogP) is 5.94. The lowest BCUT2D eigenvalue weighted by Crippen LogP contribution is -2.39. The molecule has 1 atom stereocenters. The highest BCUT2D eigenvalue weighted by atomic mass is 19.4. The SMILES string of the molecule is CCCC1(OC(C)=O)OCCc2c1[nH]c1cccc(-c3ccccc3C(F)(F)F)c21. The normalized spacial score (nSPS) is 19.0. The molecule has 0 fully saturated rings. The van der Waals surface area contributed by atoms with Crippen molar-refractivity contribution in [2.45, 2.75) is 45.1 Å². The van der Waals surface area contributed by atoms with Gasteiger partial charge >= 0.3 is 12.1 Å². The largest absolute Gasteiger partial charge is 0.427 e. The first-order valence-corrected chi connectivity index (χ1v) is 9.91. The van der Waals surface area contributed by atoms with Crippen molar-refractivity contribution in [3.05, 3.63) is 59.3 Å². The Morgan fingerprint density at radius 2 is 1.90 bits per heavy atom. The average Bonchev–Trinajstić information content (AvgIpc) is 3.08. The number of esters is 1. The molecule has 0 saturated heterocycles. The molecule has 0 radical (unpaired) electrons. The van der Waals surface area contributed by atoms with Crippen molar-refractivity contribution in [1.29, 1.82) is 0 Å². The third-order valence-electron chi connectivity index (χ3n) is 5.41. The van der Waals surface area contributed by atoms with Crippen molar-refractivity contribution in [2.75, 3.05) is 6.61 Å². The number of nitrogens with one attached hydrogen (secondary N) is 1. The molecule has 1 aliphatic heterocycles. The molecular formula is C23H22F3NO3. The minimum Gasteiger partial charge on any atom is -0.427 e. The molecule has 2 aromatic carbocycles. The van der Waals surface area contributed by atoms with E-state index in [1.54, 1.807) is 18.2 Å². The summed E-state index contributed by atoms with van der Waals surface area (Å²) in [6.45, 7) is 3.59. The quantitative estimate of drug-likeness (QED) is 0.535. The van der Waals surface area contributed by atoms with Gasteiger partial charge in [0.05, 0.1) is 17.9 Å². The highest BCUT2D eigenvalue weighted by Crippen LogP contribution is 2.45. The van der Waals surface area contributed by atoms with Gasteiger partial charge in [-0.3, -0.25) is 4.79 Å². The molecular weight excluding hydrogens is 395 g/mol. The van der Waals surface area contributed by atoms with Crippen LogP contribution < -0.4 is 0 Å². The highest BCUT2D eigenvalue weighted by molar-refractivity contribution is 5.99. The second kappa shape index (κ2) is 7.47. The Bertz CT molecular complexity index is 1100. The van der Waals surface area contributed by atoms with E-state index in [2.05, 4.69) is 4.98 Å². The van der Waals surface area contributed by atoms with Gasteiger partial charge in [0.2, 0.25) is 0 Å². The summed E-state index contributed by atoms with van der Waals surface area (Å²) in [5, 5.41) is 0.708. The number of aromatic amines is 1. The zero-order valence-corrected chi connectivity index (χ0v) is 16.7. The van der Waals surface area contributed by atoms with Crippen molar-refractivity contribution in [1.82, 2.24) is 4.98 Å². The zero-order valence-electron chi connectivity index (χ0n) is 16.7. The van der Waals surface area contributed by atoms with Crippen LogP contribution in [-0.4, -0.2) is 17.6 Å². The van der Waals surface area contributed by atoms with Gasteiger partial charge in [-0.15, -0.1) is 0 Å². The molecule has 1 aromatic heterocycles. The maximum absolute atomic E-state index is 13.7. The molecule has 158 valence electrons. The van der Waals surface area contributed by atoms with E-state index >= 15 is 0 Å². The summed E-state index contributed by atoms with van der Waals surface area (Å²) in [5.41, 5.74) is 2.06. The number of aromatic nitrogens is 1. The maximum atomic E-state index is 13.7. The van der Waals surface area contributed by atoms with Crippen LogP contribution in [0.25, 0.3) is 22.0 Å². The Balaban J connectivity index is 1.99. The molecule has 30 heavy (non-hydrogen) atoms. The molecule has 4 rings (SSSR count). The topological polar surface area (TPSA) is 51.3 Å². The third-order valence-corrected chi connectivity index (χ3v) is 5.41. The number of carbonyl (C=O) groups excluding carboxylic acids is 1. The van der Waals surface area contributed by atoms with E-state index < -0.39 is 23.5 Å². The predicted molar refractivity (Wildman–Crippen MR) is 107 cm³/mol. The van der Waals surface area contributed by atoms with Gasteiger partial charge in [-0.2, -0.15) is 13.2 Å². The molecule has 1 aliphatic rings. The molecule has 0 saturated carbocycles. The first-order valence-electron chi connectivity index (χ1n) is 9.91. The Morgan fingerprint density at radius 1 is 1.17 bits per heavy atom. The summed E-state index contributed by atoms with van der Waals surface area (Å²) in [5.74, 6) is -1.73. The van der Waals surface area contributed by atoms with Crippen molar-refractivity contribution in [2.24, 2.45) is 0 Å². The number of H-pyrrole nitrogens is 1. The molecule has 0 aliphatic carbocycles. The Morgan fingerprint density at radius 3 is 2.60 bits per heavy atom. The Kier molecular flexibility index (Phi) is 5.10. The number of carbonyl (C=O) groups is 1.